The highest BCUT2D eigenvalue weighted by molar-refractivity contribution is 6.08. The van der Waals surface area contributed by atoms with Crippen molar-refractivity contribution in [2.45, 2.75) is 30.6 Å². The predicted octanol–water partition coefficient (Wildman–Crippen LogP) is 3.57. The van der Waals surface area contributed by atoms with Crippen LogP contribution in [0.15, 0.2) is 54.6 Å². The first-order valence-corrected chi connectivity index (χ1v) is 9.30. The molecule has 2 aliphatic rings. The van der Waals surface area contributed by atoms with Crippen molar-refractivity contribution in [3.05, 3.63) is 71.3 Å². The number of rotatable bonds is 4. The minimum absolute atomic E-state index is 0.0654. The first kappa shape index (κ1) is 19.4. The van der Waals surface area contributed by atoms with E-state index in [0.717, 1.165) is 18.4 Å². The van der Waals surface area contributed by atoms with Gasteiger partial charge in [0.25, 0.3) is 5.91 Å². The summed E-state index contributed by atoms with van der Waals surface area (Å²) >= 11 is 0. The summed E-state index contributed by atoms with van der Waals surface area (Å²) in [6, 6.07) is 13.5. The Morgan fingerprint density at radius 2 is 1.76 bits per heavy atom. The number of fused-ring (bicyclic) bond motifs is 1. The van der Waals surface area contributed by atoms with Gasteiger partial charge in [-0.05, 0) is 36.6 Å². The van der Waals surface area contributed by atoms with Gasteiger partial charge in [0.1, 0.15) is 0 Å². The molecule has 2 unspecified atom stereocenters. The molecule has 3 amide bonds. The molecule has 0 radical (unpaired) electrons. The number of benzene rings is 2. The van der Waals surface area contributed by atoms with E-state index in [0.29, 0.717) is 4.90 Å². The third kappa shape index (κ3) is 2.98. The molecule has 1 fully saturated rings. The molecule has 1 N–H and O–H groups in total. The van der Waals surface area contributed by atoms with Crippen molar-refractivity contribution in [2.24, 2.45) is 0 Å². The van der Waals surface area contributed by atoms with Gasteiger partial charge in [0.15, 0.2) is 0 Å². The summed E-state index contributed by atoms with van der Waals surface area (Å²) in [6.45, 7) is -0.228. The summed E-state index contributed by atoms with van der Waals surface area (Å²) in [4.78, 5) is 27.9. The molecule has 1 saturated heterocycles. The fourth-order valence-electron chi connectivity index (χ4n) is 4.26. The van der Waals surface area contributed by atoms with Crippen molar-refractivity contribution in [1.82, 2.24) is 15.1 Å². The quantitative estimate of drug-likeness (QED) is 0.795. The Balaban J connectivity index is 1.63. The van der Waals surface area contributed by atoms with Gasteiger partial charge in [0, 0.05) is 6.04 Å². The SMILES string of the molecule is CN(CN1C(=O)NC(c2ccccc2)(C(F)(F)F)C1=O)C1CCc2ccccc21. The summed E-state index contributed by atoms with van der Waals surface area (Å²) in [7, 11) is 1.71. The van der Waals surface area contributed by atoms with Gasteiger partial charge in [0.2, 0.25) is 5.54 Å². The van der Waals surface area contributed by atoms with E-state index in [2.05, 4.69) is 0 Å². The summed E-state index contributed by atoms with van der Waals surface area (Å²) < 4.78 is 42.2. The molecule has 1 aliphatic carbocycles. The third-order valence-electron chi connectivity index (χ3n) is 5.74. The zero-order valence-corrected chi connectivity index (χ0v) is 15.7. The predicted molar refractivity (Wildman–Crippen MR) is 99.7 cm³/mol. The zero-order valence-electron chi connectivity index (χ0n) is 15.7. The van der Waals surface area contributed by atoms with Gasteiger partial charge in [-0.3, -0.25) is 9.69 Å². The lowest BCUT2D eigenvalue weighted by molar-refractivity contribution is -0.198. The molecule has 0 saturated carbocycles. The van der Waals surface area contributed by atoms with Crippen LogP contribution in [0.1, 0.15) is 29.2 Å². The molecule has 29 heavy (non-hydrogen) atoms. The van der Waals surface area contributed by atoms with Gasteiger partial charge >= 0.3 is 12.2 Å². The van der Waals surface area contributed by atoms with E-state index in [4.69, 9.17) is 0 Å². The Hall–Kier alpha value is -2.87. The highest BCUT2D eigenvalue weighted by Gasteiger charge is 2.68. The molecule has 0 bridgehead atoms. The maximum Gasteiger partial charge on any atom is 0.425 e. The normalized spacial score (nSPS) is 24.2. The molecular formula is C21H20F3N3O2. The van der Waals surface area contributed by atoms with Crippen molar-refractivity contribution >= 4 is 11.9 Å². The zero-order chi connectivity index (χ0) is 20.8. The van der Waals surface area contributed by atoms with E-state index in [1.54, 1.807) is 18.0 Å². The highest BCUT2D eigenvalue weighted by atomic mass is 19.4. The van der Waals surface area contributed by atoms with Crippen molar-refractivity contribution < 1.29 is 22.8 Å². The topological polar surface area (TPSA) is 52.6 Å². The van der Waals surface area contributed by atoms with Crippen LogP contribution in [0.2, 0.25) is 0 Å². The van der Waals surface area contributed by atoms with Crippen LogP contribution in [0.4, 0.5) is 18.0 Å². The second-order valence-corrected chi connectivity index (χ2v) is 7.43. The molecule has 1 aliphatic heterocycles. The highest BCUT2D eigenvalue weighted by Crippen LogP contribution is 2.44. The fourth-order valence-corrected chi connectivity index (χ4v) is 4.26. The minimum atomic E-state index is -4.98. The van der Waals surface area contributed by atoms with E-state index in [1.165, 1.54) is 29.8 Å². The van der Waals surface area contributed by atoms with Crippen LogP contribution in [0, 0.1) is 0 Å². The number of carbonyl (C=O) groups excluding carboxylic acids is 2. The number of nitrogens with zero attached hydrogens (tertiary/aromatic N) is 2. The second-order valence-electron chi connectivity index (χ2n) is 7.43. The van der Waals surface area contributed by atoms with E-state index in [9.17, 15) is 22.8 Å². The minimum Gasteiger partial charge on any atom is -0.312 e. The Morgan fingerprint density at radius 1 is 1.10 bits per heavy atom. The molecule has 5 nitrogen and oxygen atoms in total. The number of imide groups is 1. The Bertz CT molecular complexity index is 948. The number of amides is 3. The van der Waals surface area contributed by atoms with Crippen molar-refractivity contribution in [1.29, 1.82) is 0 Å². The molecule has 8 heteroatoms. The van der Waals surface area contributed by atoms with Crippen molar-refractivity contribution in [2.75, 3.05) is 13.7 Å². The van der Waals surface area contributed by atoms with Gasteiger partial charge in [-0.25, -0.2) is 9.69 Å². The summed E-state index contributed by atoms with van der Waals surface area (Å²) in [5.41, 5.74) is -1.12. The number of hydrogen-bond acceptors (Lipinski definition) is 3. The van der Waals surface area contributed by atoms with Crippen molar-refractivity contribution in [3.8, 4) is 0 Å². The van der Waals surface area contributed by atoms with Gasteiger partial charge in [-0.1, -0.05) is 54.6 Å². The van der Waals surface area contributed by atoms with Gasteiger partial charge in [0.05, 0.1) is 6.67 Å². The summed E-state index contributed by atoms with van der Waals surface area (Å²) in [6.07, 6.45) is -3.35. The number of halogens is 3. The molecule has 2 aromatic carbocycles. The number of carbonyl (C=O) groups is 2. The Labute approximate surface area is 166 Å². The van der Waals surface area contributed by atoms with E-state index in [1.807, 2.05) is 29.6 Å². The fraction of sp³-hybridized carbons (Fsp3) is 0.333. The first-order valence-electron chi connectivity index (χ1n) is 9.30. The average Bonchev–Trinajstić information content (AvgIpc) is 3.23. The number of urea groups is 1. The number of hydrogen-bond donors (Lipinski definition) is 1. The van der Waals surface area contributed by atoms with E-state index in [-0.39, 0.29) is 18.3 Å². The van der Waals surface area contributed by atoms with Crippen LogP contribution in [-0.4, -0.2) is 41.6 Å². The van der Waals surface area contributed by atoms with Crippen LogP contribution in [0.25, 0.3) is 0 Å². The number of aryl methyl sites for hydroxylation is 1. The van der Waals surface area contributed by atoms with Gasteiger partial charge < -0.3 is 5.32 Å². The lowest BCUT2D eigenvalue weighted by Crippen LogP contribution is -2.56. The largest absolute Gasteiger partial charge is 0.425 e. The van der Waals surface area contributed by atoms with Crippen LogP contribution in [-0.2, 0) is 16.8 Å². The van der Waals surface area contributed by atoms with Crippen LogP contribution >= 0.6 is 0 Å². The molecule has 152 valence electrons. The molecule has 2 aromatic rings. The maximum atomic E-state index is 14.1. The molecular weight excluding hydrogens is 383 g/mol. The Morgan fingerprint density at radius 3 is 2.45 bits per heavy atom. The molecule has 1 heterocycles. The third-order valence-corrected chi connectivity index (χ3v) is 5.74. The monoisotopic (exact) mass is 403 g/mol. The summed E-state index contributed by atoms with van der Waals surface area (Å²) in [5.74, 6) is -1.31. The number of nitrogens with one attached hydrogen (secondary N) is 1. The summed E-state index contributed by atoms with van der Waals surface area (Å²) in [5, 5.41) is 1.92. The van der Waals surface area contributed by atoms with Gasteiger partial charge in [-0.2, -0.15) is 13.2 Å². The van der Waals surface area contributed by atoms with E-state index >= 15 is 0 Å². The van der Waals surface area contributed by atoms with Crippen molar-refractivity contribution in [3.63, 3.8) is 0 Å². The van der Waals surface area contributed by atoms with Crippen LogP contribution in [0.5, 0.6) is 0 Å². The first-order chi connectivity index (χ1) is 13.8. The van der Waals surface area contributed by atoms with Crippen LogP contribution < -0.4 is 5.32 Å². The average molecular weight is 403 g/mol. The lowest BCUT2D eigenvalue weighted by atomic mass is 9.89. The molecule has 2 atom stereocenters. The molecule has 0 spiro atoms. The molecule has 0 aromatic heterocycles. The standard InChI is InChI=1S/C21H20F3N3O2/c1-26(17-12-11-14-7-5-6-10-16(14)17)13-27-18(28)20(21(22,23)24,25-19(27)29)15-8-3-2-4-9-15/h2-10,17H,11-13H2,1H3,(H,25,29). The van der Waals surface area contributed by atoms with Crippen LogP contribution in [0.3, 0.4) is 0 Å². The smallest absolute Gasteiger partial charge is 0.312 e. The maximum absolute atomic E-state index is 14.1. The lowest BCUT2D eigenvalue weighted by Gasteiger charge is -2.31. The van der Waals surface area contributed by atoms with E-state index < -0.39 is 23.7 Å². The molecule has 4 rings (SSSR count). The Kier molecular flexibility index (Phi) is 4.61. The number of alkyl halides is 3. The van der Waals surface area contributed by atoms with Gasteiger partial charge in [-0.15, -0.1) is 0 Å². The second kappa shape index (κ2) is 6.88.